The van der Waals surface area contributed by atoms with Gasteiger partial charge in [0, 0.05) is 24.8 Å². The average molecular weight is 620 g/mol. The fourth-order valence-corrected chi connectivity index (χ4v) is 6.43. The van der Waals surface area contributed by atoms with Crippen molar-refractivity contribution in [2.45, 2.75) is 43.7 Å². The Morgan fingerprint density at radius 3 is 2.22 bits per heavy atom. The van der Waals surface area contributed by atoms with Crippen molar-refractivity contribution in [1.29, 1.82) is 0 Å². The van der Waals surface area contributed by atoms with E-state index in [0.29, 0.717) is 30.0 Å². The highest BCUT2D eigenvalue weighted by molar-refractivity contribution is 5.88. The van der Waals surface area contributed by atoms with E-state index in [1.807, 2.05) is 84.9 Å². The molecule has 1 aromatic heterocycles. The minimum atomic E-state index is -0.597. The predicted octanol–water partition coefficient (Wildman–Crippen LogP) is 6.49. The van der Waals surface area contributed by atoms with Crippen molar-refractivity contribution >= 4 is 22.8 Å². The number of para-hydroxylation sites is 1. The first kappa shape index (κ1) is 31.3. The summed E-state index contributed by atoms with van der Waals surface area (Å²) in [6.45, 7) is 1.05. The van der Waals surface area contributed by atoms with Crippen molar-refractivity contribution in [3.63, 3.8) is 0 Å². The molecule has 0 unspecified atom stereocenters. The number of hydrogen-bond donors (Lipinski definition) is 2. The summed E-state index contributed by atoms with van der Waals surface area (Å²) in [7, 11) is 1.36. The maximum Gasteiger partial charge on any atom is 0.306 e. The lowest BCUT2D eigenvalue weighted by Crippen LogP contribution is -2.41. The van der Waals surface area contributed by atoms with Gasteiger partial charge in [-0.2, -0.15) is 0 Å². The lowest BCUT2D eigenvalue weighted by molar-refractivity contribution is -0.144. The zero-order valence-corrected chi connectivity index (χ0v) is 25.8. The molecule has 4 aromatic carbocycles. The summed E-state index contributed by atoms with van der Waals surface area (Å²) >= 11 is 0. The molecule has 236 valence electrons. The first-order chi connectivity index (χ1) is 22.5. The molecule has 0 aliphatic carbocycles. The molecular formula is C38H38FN3O4. The van der Waals surface area contributed by atoms with Crippen LogP contribution in [0.3, 0.4) is 0 Å². The number of rotatable bonds is 12. The summed E-state index contributed by atoms with van der Waals surface area (Å²) in [6, 6.07) is 32.5. The minimum Gasteiger partial charge on any atom is -0.469 e. The number of ketones is 1. The zero-order valence-electron chi connectivity index (χ0n) is 25.8. The third-order valence-corrected chi connectivity index (χ3v) is 8.87. The number of carbonyl (C=O) groups excluding carboxylic acids is 2. The third kappa shape index (κ3) is 7.25. The molecule has 2 heterocycles. The van der Waals surface area contributed by atoms with Crippen molar-refractivity contribution in [3.8, 4) is 0 Å². The van der Waals surface area contributed by atoms with Crippen LogP contribution in [0.25, 0.3) is 11.0 Å². The van der Waals surface area contributed by atoms with Gasteiger partial charge in [-0.05, 0) is 47.2 Å². The lowest BCUT2D eigenvalue weighted by atomic mass is 9.75. The topological polar surface area (TPSA) is 93.3 Å². The molecule has 0 spiro atoms. The Morgan fingerprint density at radius 1 is 0.913 bits per heavy atom. The molecule has 0 bridgehead atoms. The summed E-state index contributed by atoms with van der Waals surface area (Å²) < 4.78 is 25.4. The number of aromatic amines is 1. The quantitative estimate of drug-likeness (QED) is 0.155. The largest absolute Gasteiger partial charge is 0.469 e. The highest BCUT2D eigenvalue weighted by atomic mass is 19.1. The normalized spacial score (nSPS) is 17.2. The van der Waals surface area contributed by atoms with Crippen LogP contribution in [-0.2, 0) is 31.9 Å². The summed E-state index contributed by atoms with van der Waals surface area (Å²) in [5.74, 6) is -0.987. The Hall–Kier alpha value is -4.66. The van der Waals surface area contributed by atoms with Gasteiger partial charge in [-0.3, -0.25) is 9.59 Å². The van der Waals surface area contributed by atoms with Crippen LogP contribution in [0.4, 0.5) is 4.39 Å². The van der Waals surface area contributed by atoms with Crippen LogP contribution in [-0.4, -0.2) is 48.1 Å². The Kier molecular flexibility index (Phi) is 9.96. The number of hydrogen-bond acceptors (Lipinski definition) is 6. The van der Waals surface area contributed by atoms with Gasteiger partial charge in [-0.1, -0.05) is 91.0 Å². The Bertz CT molecular complexity index is 1730. The molecule has 0 saturated carbocycles. The molecular weight excluding hydrogens is 581 g/mol. The second-order valence-electron chi connectivity index (χ2n) is 11.8. The molecule has 1 aliphatic rings. The second-order valence-corrected chi connectivity index (χ2v) is 11.8. The number of nitrogens with zero attached hydrogens (tertiary/aromatic N) is 1. The van der Waals surface area contributed by atoms with Crippen molar-refractivity contribution < 1.29 is 23.5 Å². The minimum absolute atomic E-state index is 0.00347. The number of Topliss-reactive ketones (excluding diaryl/α,β-unsaturated/α-hetero) is 1. The van der Waals surface area contributed by atoms with Crippen LogP contribution in [0.2, 0.25) is 0 Å². The van der Waals surface area contributed by atoms with Gasteiger partial charge < -0.3 is 19.8 Å². The van der Waals surface area contributed by atoms with Crippen LogP contribution in [0, 0.1) is 11.7 Å². The van der Waals surface area contributed by atoms with Gasteiger partial charge in [0.15, 0.2) is 5.82 Å². The smallest absolute Gasteiger partial charge is 0.306 e. The van der Waals surface area contributed by atoms with E-state index in [2.05, 4.69) is 21.4 Å². The molecule has 1 saturated heterocycles. The highest BCUT2D eigenvalue weighted by Gasteiger charge is 2.33. The van der Waals surface area contributed by atoms with Crippen molar-refractivity contribution in [2.24, 2.45) is 5.92 Å². The van der Waals surface area contributed by atoms with E-state index in [9.17, 15) is 14.0 Å². The number of carbonyl (C=O) groups is 2. The monoisotopic (exact) mass is 619 g/mol. The van der Waals surface area contributed by atoms with E-state index in [0.717, 1.165) is 35.1 Å². The zero-order chi connectivity index (χ0) is 31.9. The number of morpholine rings is 1. The standard InChI is InChI=1S/C38H38FN3O4/c1-45-35(44)22-30(36(26-12-4-2-5-13-26)27-14-6-3-7-15-27)34(43)21-28-16-9-8-11-25(28)19-20-29-23-40-33(24-46-29)38-41-32-18-10-17-31(39)37(32)42-38/h2-18,29-30,33,36,40H,19-24H2,1H3,(H,41,42)/t29-,30-,33+/m1/s1. The number of aromatic nitrogens is 2. The molecule has 0 radical (unpaired) electrons. The fourth-order valence-electron chi connectivity index (χ4n) is 6.43. The van der Waals surface area contributed by atoms with Gasteiger partial charge >= 0.3 is 5.97 Å². The number of aryl methyl sites for hydroxylation is 1. The van der Waals surface area contributed by atoms with Crippen LogP contribution in [0.15, 0.2) is 103 Å². The molecule has 46 heavy (non-hydrogen) atoms. The van der Waals surface area contributed by atoms with E-state index in [1.54, 1.807) is 6.07 Å². The maximum absolute atomic E-state index is 14.2. The van der Waals surface area contributed by atoms with E-state index in [4.69, 9.17) is 9.47 Å². The number of fused-ring (bicyclic) bond motifs is 1. The molecule has 1 fully saturated rings. The number of methoxy groups -OCH3 is 1. The number of halogens is 1. The van der Waals surface area contributed by atoms with Crippen molar-refractivity contribution in [3.05, 3.63) is 137 Å². The first-order valence-corrected chi connectivity index (χ1v) is 15.8. The van der Waals surface area contributed by atoms with Gasteiger partial charge in [0.1, 0.15) is 17.1 Å². The summed E-state index contributed by atoms with van der Waals surface area (Å²) in [5, 5.41) is 3.49. The van der Waals surface area contributed by atoms with Crippen molar-refractivity contribution in [1.82, 2.24) is 15.3 Å². The average Bonchev–Trinajstić information content (AvgIpc) is 3.54. The number of esters is 1. The van der Waals surface area contributed by atoms with Crippen LogP contribution in [0.5, 0.6) is 0 Å². The van der Waals surface area contributed by atoms with Gasteiger partial charge in [0.25, 0.3) is 0 Å². The van der Waals surface area contributed by atoms with Gasteiger partial charge in [-0.15, -0.1) is 0 Å². The lowest BCUT2D eigenvalue weighted by Gasteiger charge is -2.29. The highest BCUT2D eigenvalue weighted by Crippen LogP contribution is 2.36. The number of H-pyrrole nitrogens is 1. The SMILES string of the molecule is COC(=O)C[C@H](C(=O)Cc1ccccc1CC[C@@H]1CN[C@H](c2nc3c(F)cccc3[nH]2)CO1)C(c1ccccc1)c1ccccc1. The molecule has 0 amide bonds. The molecule has 1 aliphatic heterocycles. The third-order valence-electron chi connectivity index (χ3n) is 8.87. The Morgan fingerprint density at radius 2 is 1.59 bits per heavy atom. The van der Waals surface area contributed by atoms with E-state index < -0.39 is 11.9 Å². The van der Waals surface area contributed by atoms with E-state index in [-0.39, 0.29) is 42.5 Å². The Labute approximate surface area is 268 Å². The van der Waals surface area contributed by atoms with Crippen LogP contribution in [0.1, 0.15) is 52.9 Å². The van der Waals surface area contributed by atoms with E-state index in [1.165, 1.54) is 13.2 Å². The molecule has 5 aromatic rings. The van der Waals surface area contributed by atoms with Crippen LogP contribution < -0.4 is 5.32 Å². The fraction of sp³-hybridized carbons (Fsp3) is 0.289. The number of benzene rings is 4. The first-order valence-electron chi connectivity index (χ1n) is 15.8. The molecule has 6 rings (SSSR count). The Balaban J connectivity index is 1.14. The van der Waals surface area contributed by atoms with E-state index >= 15 is 0 Å². The van der Waals surface area contributed by atoms with Gasteiger partial charge in [0.05, 0.1) is 37.8 Å². The predicted molar refractivity (Wildman–Crippen MR) is 175 cm³/mol. The number of ether oxygens (including phenoxy) is 2. The number of nitrogens with one attached hydrogen (secondary N) is 2. The summed E-state index contributed by atoms with van der Waals surface area (Å²) in [4.78, 5) is 34.5. The second kappa shape index (κ2) is 14.6. The summed E-state index contributed by atoms with van der Waals surface area (Å²) in [5.41, 5.74) is 5.00. The number of imidazole rings is 1. The summed E-state index contributed by atoms with van der Waals surface area (Å²) in [6.07, 6.45) is 1.68. The van der Waals surface area contributed by atoms with Crippen molar-refractivity contribution in [2.75, 3.05) is 20.3 Å². The molecule has 7 nitrogen and oxygen atoms in total. The van der Waals surface area contributed by atoms with Gasteiger partial charge in [-0.25, -0.2) is 9.37 Å². The van der Waals surface area contributed by atoms with Crippen LogP contribution >= 0.6 is 0 Å². The molecule has 8 heteroatoms. The van der Waals surface area contributed by atoms with Gasteiger partial charge in [0.2, 0.25) is 0 Å². The maximum atomic E-state index is 14.2. The molecule has 3 atom stereocenters. The molecule has 2 N–H and O–H groups in total.